The van der Waals surface area contributed by atoms with E-state index in [-0.39, 0.29) is 6.10 Å². The van der Waals surface area contributed by atoms with E-state index in [1.54, 1.807) is 0 Å². The third-order valence-corrected chi connectivity index (χ3v) is 3.07. The SMILES string of the molecule is NCC(O)[C@H]1C[C@@H]2C=C[C@H]1C2. The van der Waals surface area contributed by atoms with Gasteiger partial charge in [-0.3, -0.25) is 0 Å². The summed E-state index contributed by atoms with van der Waals surface area (Å²) in [6.07, 6.45) is 6.67. The number of fused-ring (bicyclic) bond motifs is 2. The lowest BCUT2D eigenvalue weighted by Gasteiger charge is -2.22. The first-order chi connectivity index (χ1) is 5.31. The fourth-order valence-corrected chi connectivity index (χ4v) is 2.44. The van der Waals surface area contributed by atoms with Gasteiger partial charge in [0.15, 0.2) is 0 Å². The zero-order valence-corrected chi connectivity index (χ0v) is 6.61. The zero-order chi connectivity index (χ0) is 7.84. The van der Waals surface area contributed by atoms with Gasteiger partial charge in [-0.2, -0.15) is 0 Å². The summed E-state index contributed by atoms with van der Waals surface area (Å²) in [6, 6.07) is 0. The van der Waals surface area contributed by atoms with Gasteiger partial charge >= 0.3 is 0 Å². The fraction of sp³-hybridized carbons (Fsp3) is 0.778. The Morgan fingerprint density at radius 2 is 2.27 bits per heavy atom. The highest BCUT2D eigenvalue weighted by Gasteiger charge is 2.38. The molecule has 4 atom stereocenters. The van der Waals surface area contributed by atoms with Crippen molar-refractivity contribution >= 4 is 0 Å². The smallest absolute Gasteiger partial charge is 0.0696 e. The molecule has 0 aromatic rings. The second-order valence-electron chi connectivity index (χ2n) is 3.75. The van der Waals surface area contributed by atoms with E-state index in [1.165, 1.54) is 6.42 Å². The van der Waals surface area contributed by atoms with Crippen molar-refractivity contribution in [3.63, 3.8) is 0 Å². The van der Waals surface area contributed by atoms with Crippen LogP contribution in [0.3, 0.4) is 0 Å². The Bertz CT molecular complexity index is 178. The van der Waals surface area contributed by atoms with Crippen molar-refractivity contribution in [2.45, 2.75) is 18.9 Å². The van der Waals surface area contributed by atoms with Crippen LogP contribution >= 0.6 is 0 Å². The van der Waals surface area contributed by atoms with Crippen LogP contribution in [-0.2, 0) is 0 Å². The molecule has 2 aliphatic carbocycles. The average Bonchev–Trinajstić information content (AvgIpc) is 2.62. The molecule has 2 rings (SSSR count). The molecule has 0 spiro atoms. The molecule has 2 nitrogen and oxygen atoms in total. The van der Waals surface area contributed by atoms with E-state index in [2.05, 4.69) is 12.2 Å². The van der Waals surface area contributed by atoms with Gasteiger partial charge in [0.1, 0.15) is 0 Å². The number of allylic oxidation sites excluding steroid dienone is 2. The quantitative estimate of drug-likeness (QED) is 0.568. The first-order valence-corrected chi connectivity index (χ1v) is 4.37. The van der Waals surface area contributed by atoms with Crippen molar-refractivity contribution in [3.05, 3.63) is 12.2 Å². The summed E-state index contributed by atoms with van der Waals surface area (Å²) >= 11 is 0. The van der Waals surface area contributed by atoms with E-state index < -0.39 is 0 Å². The average molecular weight is 153 g/mol. The van der Waals surface area contributed by atoms with Crippen molar-refractivity contribution < 1.29 is 5.11 Å². The molecular weight excluding hydrogens is 138 g/mol. The third-order valence-electron chi connectivity index (χ3n) is 3.07. The topological polar surface area (TPSA) is 46.2 Å². The monoisotopic (exact) mass is 153 g/mol. The van der Waals surface area contributed by atoms with Crippen LogP contribution in [-0.4, -0.2) is 17.8 Å². The van der Waals surface area contributed by atoms with Crippen molar-refractivity contribution in [1.29, 1.82) is 0 Å². The highest BCUT2D eigenvalue weighted by Crippen LogP contribution is 2.44. The van der Waals surface area contributed by atoms with Crippen LogP contribution in [0.4, 0.5) is 0 Å². The molecule has 2 heteroatoms. The maximum absolute atomic E-state index is 9.52. The second-order valence-corrected chi connectivity index (χ2v) is 3.75. The van der Waals surface area contributed by atoms with Crippen molar-refractivity contribution in [2.75, 3.05) is 6.54 Å². The lowest BCUT2D eigenvalue weighted by atomic mass is 9.88. The molecule has 0 heterocycles. The number of hydrogen-bond acceptors (Lipinski definition) is 2. The van der Waals surface area contributed by atoms with Gasteiger partial charge < -0.3 is 10.8 Å². The summed E-state index contributed by atoms with van der Waals surface area (Å²) in [4.78, 5) is 0. The highest BCUT2D eigenvalue weighted by atomic mass is 16.3. The molecule has 0 aromatic heterocycles. The second kappa shape index (κ2) is 2.61. The molecule has 0 radical (unpaired) electrons. The maximum atomic E-state index is 9.52. The minimum atomic E-state index is -0.269. The normalized spacial score (nSPS) is 43.3. The van der Waals surface area contributed by atoms with E-state index in [9.17, 15) is 5.11 Å². The van der Waals surface area contributed by atoms with Crippen LogP contribution < -0.4 is 5.73 Å². The summed E-state index contributed by atoms with van der Waals surface area (Å²) in [5.74, 6) is 1.82. The molecule has 0 aromatic carbocycles. The predicted octanol–water partition coefficient (Wildman–Crippen LogP) is 0.518. The minimum Gasteiger partial charge on any atom is -0.392 e. The summed E-state index contributed by atoms with van der Waals surface area (Å²) in [5, 5.41) is 9.52. The molecule has 2 bridgehead atoms. The van der Waals surface area contributed by atoms with Crippen LogP contribution in [0.5, 0.6) is 0 Å². The molecule has 1 unspecified atom stereocenters. The van der Waals surface area contributed by atoms with E-state index in [1.807, 2.05) is 0 Å². The summed E-state index contributed by atoms with van der Waals surface area (Å²) in [7, 11) is 0. The summed E-state index contributed by atoms with van der Waals surface area (Å²) < 4.78 is 0. The molecule has 62 valence electrons. The van der Waals surface area contributed by atoms with Crippen LogP contribution in [0.15, 0.2) is 12.2 Å². The molecule has 1 fully saturated rings. The number of nitrogens with two attached hydrogens (primary N) is 1. The first-order valence-electron chi connectivity index (χ1n) is 4.37. The van der Waals surface area contributed by atoms with Gasteiger partial charge in [-0.25, -0.2) is 0 Å². The molecule has 0 amide bonds. The molecule has 2 aliphatic rings. The number of aliphatic hydroxyl groups is 1. The van der Waals surface area contributed by atoms with E-state index in [0.717, 1.165) is 12.3 Å². The minimum absolute atomic E-state index is 0.269. The van der Waals surface area contributed by atoms with Gasteiger partial charge in [-0.15, -0.1) is 0 Å². The molecular formula is C9H15NO. The Morgan fingerprint density at radius 1 is 1.45 bits per heavy atom. The third kappa shape index (κ3) is 1.10. The van der Waals surface area contributed by atoms with Crippen LogP contribution in [0.2, 0.25) is 0 Å². The Labute approximate surface area is 67.1 Å². The van der Waals surface area contributed by atoms with Gasteiger partial charge in [0.25, 0.3) is 0 Å². The van der Waals surface area contributed by atoms with Gasteiger partial charge in [-0.05, 0) is 30.6 Å². The van der Waals surface area contributed by atoms with Gasteiger partial charge in [-0.1, -0.05) is 12.2 Å². The fourth-order valence-electron chi connectivity index (χ4n) is 2.44. The van der Waals surface area contributed by atoms with Crippen molar-refractivity contribution in [1.82, 2.24) is 0 Å². The van der Waals surface area contributed by atoms with E-state index in [0.29, 0.717) is 18.4 Å². The number of aliphatic hydroxyl groups excluding tert-OH is 1. The van der Waals surface area contributed by atoms with Crippen LogP contribution in [0.25, 0.3) is 0 Å². The van der Waals surface area contributed by atoms with Crippen molar-refractivity contribution in [2.24, 2.45) is 23.5 Å². The van der Waals surface area contributed by atoms with Crippen LogP contribution in [0, 0.1) is 17.8 Å². The van der Waals surface area contributed by atoms with Gasteiger partial charge in [0.05, 0.1) is 6.10 Å². The lowest BCUT2D eigenvalue weighted by molar-refractivity contribution is 0.101. The Morgan fingerprint density at radius 3 is 2.73 bits per heavy atom. The standard InChI is InChI=1S/C9H15NO/c10-5-9(11)8-4-6-1-2-7(8)3-6/h1-2,6-9,11H,3-5,10H2/t6-,7+,8+,9?/m1/s1. The summed E-state index contributed by atoms with van der Waals surface area (Å²) in [6.45, 7) is 0.418. The summed E-state index contributed by atoms with van der Waals surface area (Å²) in [5.41, 5.74) is 5.41. The zero-order valence-electron chi connectivity index (χ0n) is 6.61. The molecule has 1 saturated carbocycles. The highest BCUT2D eigenvalue weighted by molar-refractivity contribution is 5.11. The Hall–Kier alpha value is -0.340. The number of rotatable bonds is 2. The van der Waals surface area contributed by atoms with E-state index >= 15 is 0 Å². The molecule has 0 saturated heterocycles. The van der Waals surface area contributed by atoms with Gasteiger partial charge in [0.2, 0.25) is 0 Å². The largest absolute Gasteiger partial charge is 0.392 e. The maximum Gasteiger partial charge on any atom is 0.0696 e. The molecule has 11 heavy (non-hydrogen) atoms. The first kappa shape index (κ1) is 7.32. The predicted molar refractivity (Wildman–Crippen MR) is 43.9 cm³/mol. The molecule has 0 aliphatic heterocycles. The Balaban J connectivity index is 2.02. The molecule has 3 N–H and O–H groups in total. The van der Waals surface area contributed by atoms with Gasteiger partial charge in [0, 0.05) is 6.54 Å². The number of hydrogen-bond donors (Lipinski definition) is 2. The lowest BCUT2D eigenvalue weighted by Crippen LogP contribution is -2.31. The van der Waals surface area contributed by atoms with Crippen molar-refractivity contribution in [3.8, 4) is 0 Å². The van der Waals surface area contributed by atoms with Crippen LogP contribution in [0.1, 0.15) is 12.8 Å². The van der Waals surface area contributed by atoms with E-state index in [4.69, 9.17) is 5.73 Å². The Kier molecular flexibility index (Phi) is 1.74.